The van der Waals surface area contributed by atoms with E-state index in [2.05, 4.69) is 10.3 Å². The lowest BCUT2D eigenvalue weighted by Crippen LogP contribution is -2.38. The van der Waals surface area contributed by atoms with Crippen LogP contribution in [-0.2, 0) is 6.42 Å². The number of imidazole rings is 1. The van der Waals surface area contributed by atoms with Gasteiger partial charge in [-0.3, -0.25) is 9.36 Å². The highest BCUT2D eigenvalue weighted by molar-refractivity contribution is 6.33. The fraction of sp³-hybridized carbons (Fsp3) is 0.120. The van der Waals surface area contributed by atoms with Crippen molar-refractivity contribution < 1.29 is 9.90 Å². The van der Waals surface area contributed by atoms with Gasteiger partial charge in [0.1, 0.15) is 11.5 Å². The normalized spacial score (nSPS) is 17.2. The van der Waals surface area contributed by atoms with Gasteiger partial charge in [-0.1, -0.05) is 59.6 Å². The Hall–Kier alpha value is -3.12. The number of hydrogen-bond donors (Lipinski definition) is 2. The Morgan fingerprint density at radius 3 is 2.47 bits per heavy atom. The van der Waals surface area contributed by atoms with Crippen molar-refractivity contribution in [3.63, 3.8) is 0 Å². The Morgan fingerprint density at radius 2 is 1.72 bits per heavy atom. The topological polar surface area (TPSA) is 67.2 Å². The van der Waals surface area contributed by atoms with Gasteiger partial charge in [-0.05, 0) is 53.9 Å². The maximum Gasteiger partial charge on any atom is 0.271 e. The minimum Gasteiger partial charge on any atom is -0.386 e. The Labute approximate surface area is 195 Å². The van der Waals surface area contributed by atoms with Gasteiger partial charge in [-0.2, -0.15) is 0 Å². The van der Waals surface area contributed by atoms with Crippen LogP contribution in [0.15, 0.2) is 79.0 Å². The largest absolute Gasteiger partial charge is 0.386 e. The Morgan fingerprint density at radius 1 is 1.00 bits per heavy atom. The predicted molar refractivity (Wildman–Crippen MR) is 125 cm³/mol. The number of aliphatic hydroxyl groups excluding tert-OH is 1. The van der Waals surface area contributed by atoms with Crippen LogP contribution in [0.3, 0.4) is 0 Å². The molecule has 1 aliphatic carbocycles. The SMILES string of the molecule is O=C(N[C@H]1Cc2ccccc2[C@@H]1O)c1cn(-c2ccc(Cl)cc2)c(-c2ccccc2Cl)n1. The first-order chi connectivity index (χ1) is 15.5. The number of halogens is 2. The lowest BCUT2D eigenvalue weighted by Gasteiger charge is -2.16. The number of rotatable bonds is 4. The van der Waals surface area contributed by atoms with E-state index in [0.717, 1.165) is 16.8 Å². The molecule has 0 bridgehead atoms. The highest BCUT2D eigenvalue weighted by Gasteiger charge is 2.32. The third-order valence-electron chi connectivity index (χ3n) is 5.67. The molecule has 0 saturated carbocycles. The first-order valence-corrected chi connectivity index (χ1v) is 10.9. The van der Waals surface area contributed by atoms with Gasteiger partial charge in [-0.15, -0.1) is 0 Å². The van der Waals surface area contributed by atoms with E-state index >= 15 is 0 Å². The average Bonchev–Trinajstić information content (AvgIpc) is 3.37. The second-order valence-electron chi connectivity index (χ2n) is 7.70. The summed E-state index contributed by atoms with van der Waals surface area (Å²) in [7, 11) is 0. The summed E-state index contributed by atoms with van der Waals surface area (Å²) in [6.45, 7) is 0. The van der Waals surface area contributed by atoms with Crippen LogP contribution in [-0.4, -0.2) is 26.6 Å². The highest BCUT2D eigenvalue weighted by atomic mass is 35.5. The molecule has 0 spiro atoms. The van der Waals surface area contributed by atoms with E-state index in [-0.39, 0.29) is 11.6 Å². The van der Waals surface area contributed by atoms with Gasteiger partial charge in [0.25, 0.3) is 5.91 Å². The molecule has 5 nitrogen and oxygen atoms in total. The summed E-state index contributed by atoms with van der Waals surface area (Å²) in [6, 6.07) is 21.9. The molecule has 4 aromatic rings. The van der Waals surface area contributed by atoms with Crippen LogP contribution in [0.5, 0.6) is 0 Å². The number of carbonyl (C=O) groups is 1. The first-order valence-electron chi connectivity index (χ1n) is 10.2. The van der Waals surface area contributed by atoms with Crippen LogP contribution in [0.2, 0.25) is 10.0 Å². The molecular formula is C25H19Cl2N3O2. The molecule has 0 saturated heterocycles. The van der Waals surface area contributed by atoms with Crippen molar-refractivity contribution in [2.45, 2.75) is 18.6 Å². The van der Waals surface area contributed by atoms with Gasteiger partial charge >= 0.3 is 0 Å². The number of aliphatic hydroxyl groups is 1. The van der Waals surface area contributed by atoms with E-state index in [4.69, 9.17) is 23.2 Å². The van der Waals surface area contributed by atoms with Crippen LogP contribution >= 0.6 is 23.2 Å². The molecule has 1 heterocycles. The van der Waals surface area contributed by atoms with Gasteiger partial charge in [0, 0.05) is 22.5 Å². The lowest BCUT2D eigenvalue weighted by atomic mass is 10.1. The molecule has 160 valence electrons. The van der Waals surface area contributed by atoms with Gasteiger partial charge in [0.05, 0.1) is 17.2 Å². The molecule has 3 aromatic carbocycles. The number of hydrogen-bond acceptors (Lipinski definition) is 3. The van der Waals surface area contributed by atoms with E-state index in [0.29, 0.717) is 27.9 Å². The number of carbonyl (C=O) groups excluding carboxylic acids is 1. The highest BCUT2D eigenvalue weighted by Crippen LogP contribution is 2.32. The molecule has 1 amide bonds. The number of benzene rings is 3. The molecule has 1 aliphatic rings. The summed E-state index contributed by atoms with van der Waals surface area (Å²) in [5.74, 6) is 0.182. The van der Waals surface area contributed by atoms with Crippen molar-refractivity contribution in [2.75, 3.05) is 0 Å². The van der Waals surface area contributed by atoms with Crippen LogP contribution in [0, 0.1) is 0 Å². The van der Waals surface area contributed by atoms with Gasteiger partial charge in [0.2, 0.25) is 0 Å². The van der Waals surface area contributed by atoms with Crippen molar-refractivity contribution >= 4 is 29.1 Å². The monoisotopic (exact) mass is 463 g/mol. The Kier molecular flexibility index (Phi) is 5.47. The maximum atomic E-state index is 13.1. The summed E-state index contributed by atoms with van der Waals surface area (Å²) in [5.41, 5.74) is 3.62. The maximum absolute atomic E-state index is 13.1. The van der Waals surface area contributed by atoms with Crippen LogP contribution in [0.25, 0.3) is 17.1 Å². The number of aromatic nitrogens is 2. The zero-order valence-corrected chi connectivity index (χ0v) is 18.4. The molecule has 2 atom stereocenters. The fourth-order valence-electron chi connectivity index (χ4n) is 4.07. The van der Waals surface area contributed by atoms with Crippen molar-refractivity contribution in [1.82, 2.24) is 14.9 Å². The van der Waals surface area contributed by atoms with Crippen LogP contribution < -0.4 is 5.32 Å². The molecule has 0 unspecified atom stereocenters. The standard InChI is InChI=1S/C25H19Cl2N3O2/c26-16-9-11-17(12-10-16)30-14-22(28-24(30)19-7-3-4-8-20(19)27)25(32)29-21-13-15-5-1-2-6-18(15)23(21)31/h1-12,14,21,23,31H,13H2,(H,29,32)/t21-,23-/m0/s1. The van der Waals surface area contributed by atoms with Crippen molar-refractivity contribution in [3.05, 3.63) is 106 Å². The quantitative estimate of drug-likeness (QED) is 0.435. The third-order valence-corrected chi connectivity index (χ3v) is 6.25. The Balaban J connectivity index is 1.49. The van der Waals surface area contributed by atoms with Gasteiger partial charge < -0.3 is 10.4 Å². The summed E-state index contributed by atoms with van der Waals surface area (Å²) in [4.78, 5) is 17.7. The van der Waals surface area contributed by atoms with Crippen LogP contribution in [0.1, 0.15) is 27.7 Å². The van der Waals surface area contributed by atoms with E-state index in [9.17, 15) is 9.90 Å². The van der Waals surface area contributed by atoms with E-state index in [1.165, 1.54) is 0 Å². The summed E-state index contributed by atoms with van der Waals surface area (Å²) in [5, 5.41) is 14.7. The fourth-order valence-corrected chi connectivity index (χ4v) is 4.41. The zero-order chi connectivity index (χ0) is 22.2. The average molecular weight is 464 g/mol. The predicted octanol–water partition coefficient (Wildman–Crippen LogP) is 5.23. The molecule has 5 rings (SSSR count). The third kappa shape index (κ3) is 3.79. The van der Waals surface area contributed by atoms with Crippen molar-refractivity contribution in [2.24, 2.45) is 0 Å². The second kappa shape index (κ2) is 8.43. The molecular weight excluding hydrogens is 445 g/mol. The minimum atomic E-state index is -0.753. The molecule has 2 N–H and O–H groups in total. The summed E-state index contributed by atoms with van der Waals surface area (Å²) < 4.78 is 1.81. The van der Waals surface area contributed by atoms with E-state index in [1.807, 2.05) is 59.2 Å². The second-order valence-corrected chi connectivity index (χ2v) is 8.55. The molecule has 1 aromatic heterocycles. The molecule has 0 fully saturated rings. The number of fused-ring (bicyclic) bond motifs is 1. The molecule has 0 radical (unpaired) electrons. The molecule has 7 heteroatoms. The lowest BCUT2D eigenvalue weighted by molar-refractivity contribution is 0.0854. The minimum absolute atomic E-state index is 0.234. The van der Waals surface area contributed by atoms with Crippen molar-refractivity contribution in [1.29, 1.82) is 0 Å². The van der Waals surface area contributed by atoms with E-state index in [1.54, 1.807) is 24.4 Å². The number of amides is 1. The summed E-state index contributed by atoms with van der Waals surface area (Å²) >= 11 is 12.5. The number of nitrogens with one attached hydrogen (secondary N) is 1. The smallest absolute Gasteiger partial charge is 0.271 e. The Bertz CT molecular complexity index is 1300. The molecule has 32 heavy (non-hydrogen) atoms. The first kappa shape index (κ1) is 20.8. The zero-order valence-electron chi connectivity index (χ0n) is 16.9. The number of nitrogens with zero attached hydrogens (tertiary/aromatic N) is 2. The van der Waals surface area contributed by atoms with Gasteiger partial charge in [0.15, 0.2) is 0 Å². The van der Waals surface area contributed by atoms with Gasteiger partial charge in [-0.25, -0.2) is 4.98 Å². The van der Waals surface area contributed by atoms with Crippen molar-refractivity contribution in [3.8, 4) is 17.1 Å². The summed E-state index contributed by atoms with van der Waals surface area (Å²) in [6.07, 6.45) is 1.49. The molecule has 0 aliphatic heterocycles. The van der Waals surface area contributed by atoms with Crippen LogP contribution in [0.4, 0.5) is 0 Å². The van der Waals surface area contributed by atoms with E-state index < -0.39 is 12.1 Å².